The highest BCUT2D eigenvalue weighted by atomic mass is 32.1. The summed E-state index contributed by atoms with van der Waals surface area (Å²) in [5.74, 6) is 0. The number of hydrogen-bond donors (Lipinski definition) is 1. The quantitative estimate of drug-likeness (QED) is 0.784. The molecule has 0 aromatic carbocycles. The van der Waals surface area contributed by atoms with Crippen molar-refractivity contribution in [1.29, 1.82) is 0 Å². The topological polar surface area (TPSA) is 34.1 Å². The zero-order valence-electron chi connectivity index (χ0n) is 9.96. The molecule has 0 radical (unpaired) electrons. The number of nitrogens with zero attached hydrogens (tertiary/aromatic N) is 1. The third-order valence-corrected chi connectivity index (χ3v) is 2.95. The lowest BCUT2D eigenvalue weighted by Gasteiger charge is -2.17. The van der Waals surface area contributed by atoms with E-state index in [4.69, 9.17) is 4.74 Å². The first kappa shape index (κ1) is 12.6. The molecule has 15 heavy (non-hydrogen) atoms. The molecule has 0 aliphatic rings. The zero-order valence-corrected chi connectivity index (χ0v) is 10.8. The lowest BCUT2D eigenvalue weighted by atomic mass is 9.91. The standard InChI is InChI=1S/C11H20N2OS/c1-11(2,3)10-9(15-8-13-10)7-12-5-6-14-4/h8,12H,5-7H2,1-4H3. The van der Waals surface area contributed by atoms with Gasteiger partial charge in [-0.3, -0.25) is 0 Å². The van der Waals surface area contributed by atoms with Gasteiger partial charge in [0.1, 0.15) is 0 Å². The predicted octanol–water partition coefficient (Wildman–Crippen LogP) is 2.18. The Morgan fingerprint density at radius 1 is 1.47 bits per heavy atom. The number of rotatable bonds is 5. The van der Waals surface area contributed by atoms with E-state index in [0.29, 0.717) is 0 Å². The number of hydrogen-bond acceptors (Lipinski definition) is 4. The Kier molecular flexibility index (Phi) is 4.70. The molecule has 1 aromatic rings. The molecule has 86 valence electrons. The van der Waals surface area contributed by atoms with Gasteiger partial charge in [-0.2, -0.15) is 0 Å². The Morgan fingerprint density at radius 3 is 2.80 bits per heavy atom. The molecule has 0 spiro atoms. The molecule has 0 bridgehead atoms. The average molecular weight is 228 g/mol. The Hall–Kier alpha value is -0.450. The molecule has 0 fully saturated rings. The zero-order chi connectivity index (χ0) is 11.3. The van der Waals surface area contributed by atoms with Crippen LogP contribution in [0.3, 0.4) is 0 Å². The van der Waals surface area contributed by atoms with Crippen molar-refractivity contribution < 1.29 is 4.74 Å². The molecular weight excluding hydrogens is 208 g/mol. The second-order valence-electron chi connectivity index (χ2n) is 4.54. The van der Waals surface area contributed by atoms with E-state index in [2.05, 4.69) is 31.1 Å². The third kappa shape index (κ3) is 3.89. The maximum absolute atomic E-state index is 4.98. The summed E-state index contributed by atoms with van der Waals surface area (Å²) in [6.45, 7) is 9.12. The molecule has 4 heteroatoms. The highest BCUT2D eigenvalue weighted by molar-refractivity contribution is 7.09. The van der Waals surface area contributed by atoms with Crippen LogP contribution in [0.25, 0.3) is 0 Å². The van der Waals surface area contributed by atoms with Crippen molar-refractivity contribution in [3.63, 3.8) is 0 Å². The molecule has 0 atom stereocenters. The summed E-state index contributed by atoms with van der Waals surface area (Å²) in [5, 5.41) is 3.35. The van der Waals surface area contributed by atoms with Crippen molar-refractivity contribution in [2.24, 2.45) is 0 Å². The maximum Gasteiger partial charge on any atom is 0.0798 e. The summed E-state index contributed by atoms with van der Waals surface area (Å²) >= 11 is 1.72. The van der Waals surface area contributed by atoms with Crippen LogP contribution in [0.4, 0.5) is 0 Å². The second kappa shape index (κ2) is 5.58. The van der Waals surface area contributed by atoms with Gasteiger partial charge in [-0.1, -0.05) is 20.8 Å². The SMILES string of the molecule is COCCNCc1scnc1C(C)(C)C. The molecule has 1 N–H and O–H groups in total. The highest BCUT2D eigenvalue weighted by Crippen LogP contribution is 2.26. The van der Waals surface area contributed by atoms with Crippen molar-refractivity contribution in [3.8, 4) is 0 Å². The molecule has 1 aromatic heterocycles. The number of aromatic nitrogens is 1. The Labute approximate surface area is 95.9 Å². The van der Waals surface area contributed by atoms with Gasteiger partial charge in [-0.15, -0.1) is 11.3 Å². The third-order valence-electron chi connectivity index (χ3n) is 2.12. The Bertz CT molecular complexity index is 291. The van der Waals surface area contributed by atoms with E-state index in [1.54, 1.807) is 18.4 Å². The first-order valence-electron chi connectivity index (χ1n) is 5.18. The van der Waals surface area contributed by atoms with E-state index in [9.17, 15) is 0 Å². The second-order valence-corrected chi connectivity index (χ2v) is 5.48. The van der Waals surface area contributed by atoms with Gasteiger partial charge < -0.3 is 10.1 Å². The van der Waals surface area contributed by atoms with E-state index < -0.39 is 0 Å². The van der Waals surface area contributed by atoms with Crippen LogP contribution in [0.1, 0.15) is 31.3 Å². The number of thiazole rings is 1. The van der Waals surface area contributed by atoms with Crippen LogP contribution < -0.4 is 5.32 Å². The molecule has 0 saturated heterocycles. The van der Waals surface area contributed by atoms with Crippen LogP contribution in [0.2, 0.25) is 0 Å². The van der Waals surface area contributed by atoms with E-state index in [1.807, 2.05) is 5.51 Å². The molecule has 0 saturated carbocycles. The molecule has 3 nitrogen and oxygen atoms in total. The molecule has 0 aliphatic heterocycles. The van der Waals surface area contributed by atoms with Gasteiger partial charge in [0.2, 0.25) is 0 Å². The van der Waals surface area contributed by atoms with Gasteiger partial charge in [0.05, 0.1) is 17.8 Å². The van der Waals surface area contributed by atoms with Gasteiger partial charge in [0.25, 0.3) is 0 Å². The van der Waals surface area contributed by atoms with Crippen LogP contribution in [-0.4, -0.2) is 25.2 Å². The number of nitrogens with one attached hydrogen (secondary N) is 1. The van der Waals surface area contributed by atoms with Crippen LogP contribution in [0.15, 0.2) is 5.51 Å². The Morgan fingerprint density at radius 2 is 2.20 bits per heavy atom. The Balaban J connectivity index is 2.51. The summed E-state index contributed by atoms with van der Waals surface area (Å²) in [4.78, 5) is 5.77. The lowest BCUT2D eigenvalue weighted by molar-refractivity contribution is 0.199. The number of ether oxygens (including phenoxy) is 1. The van der Waals surface area contributed by atoms with Crippen molar-refractivity contribution >= 4 is 11.3 Å². The fraction of sp³-hybridized carbons (Fsp3) is 0.727. The van der Waals surface area contributed by atoms with Gasteiger partial charge in [0, 0.05) is 30.5 Å². The summed E-state index contributed by atoms with van der Waals surface area (Å²) < 4.78 is 4.98. The average Bonchev–Trinajstić information content (AvgIpc) is 2.59. The molecule has 1 heterocycles. The van der Waals surface area contributed by atoms with Gasteiger partial charge >= 0.3 is 0 Å². The van der Waals surface area contributed by atoms with Crippen LogP contribution in [-0.2, 0) is 16.7 Å². The maximum atomic E-state index is 4.98. The first-order valence-corrected chi connectivity index (χ1v) is 6.06. The van der Waals surface area contributed by atoms with Gasteiger partial charge in [0.15, 0.2) is 0 Å². The van der Waals surface area contributed by atoms with Crippen molar-refractivity contribution in [2.75, 3.05) is 20.3 Å². The molecule has 0 amide bonds. The largest absolute Gasteiger partial charge is 0.383 e. The van der Waals surface area contributed by atoms with Gasteiger partial charge in [-0.25, -0.2) is 4.98 Å². The molecule has 0 unspecified atom stereocenters. The minimum atomic E-state index is 0.137. The summed E-state index contributed by atoms with van der Waals surface area (Å²) in [7, 11) is 1.72. The number of methoxy groups -OCH3 is 1. The van der Waals surface area contributed by atoms with E-state index in [1.165, 1.54) is 10.6 Å². The van der Waals surface area contributed by atoms with Crippen LogP contribution >= 0.6 is 11.3 Å². The predicted molar refractivity (Wildman–Crippen MR) is 64.4 cm³/mol. The first-order chi connectivity index (χ1) is 7.05. The molecule has 1 rings (SSSR count). The van der Waals surface area contributed by atoms with Gasteiger partial charge in [-0.05, 0) is 0 Å². The lowest BCUT2D eigenvalue weighted by Crippen LogP contribution is -2.21. The smallest absolute Gasteiger partial charge is 0.0798 e. The molecular formula is C11H20N2OS. The monoisotopic (exact) mass is 228 g/mol. The fourth-order valence-corrected chi connectivity index (χ4v) is 2.33. The van der Waals surface area contributed by atoms with E-state index in [0.717, 1.165) is 19.7 Å². The summed E-state index contributed by atoms with van der Waals surface area (Å²) in [6, 6.07) is 0. The fourth-order valence-electron chi connectivity index (χ4n) is 1.38. The van der Waals surface area contributed by atoms with Crippen LogP contribution in [0, 0.1) is 0 Å². The molecule has 0 aliphatic carbocycles. The van der Waals surface area contributed by atoms with Crippen LogP contribution in [0.5, 0.6) is 0 Å². The van der Waals surface area contributed by atoms with Crippen molar-refractivity contribution in [3.05, 3.63) is 16.1 Å². The van der Waals surface area contributed by atoms with E-state index >= 15 is 0 Å². The van der Waals surface area contributed by atoms with Crippen molar-refractivity contribution in [1.82, 2.24) is 10.3 Å². The normalized spacial score (nSPS) is 12.0. The van der Waals surface area contributed by atoms with E-state index in [-0.39, 0.29) is 5.41 Å². The summed E-state index contributed by atoms with van der Waals surface area (Å²) in [6.07, 6.45) is 0. The summed E-state index contributed by atoms with van der Waals surface area (Å²) in [5.41, 5.74) is 3.27. The minimum absolute atomic E-state index is 0.137. The highest BCUT2D eigenvalue weighted by Gasteiger charge is 2.20. The minimum Gasteiger partial charge on any atom is -0.383 e. The van der Waals surface area contributed by atoms with Crippen molar-refractivity contribution in [2.45, 2.75) is 32.7 Å².